The second-order valence-corrected chi connectivity index (χ2v) is 6.09. The molecule has 0 aliphatic carbocycles. The van der Waals surface area contributed by atoms with Gasteiger partial charge in [-0.3, -0.25) is 4.79 Å². The number of hydrogen-bond acceptors (Lipinski definition) is 5. The van der Waals surface area contributed by atoms with Gasteiger partial charge in [-0.25, -0.2) is 9.18 Å². The zero-order chi connectivity index (χ0) is 21.2. The normalized spacial score (nSPS) is 10.6. The van der Waals surface area contributed by atoms with Crippen molar-refractivity contribution in [1.82, 2.24) is 4.90 Å². The highest BCUT2D eigenvalue weighted by atomic mass is 19.1. The lowest BCUT2D eigenvalue weighted by atomic mass is 10.2. The summed E-state index contributed by atoms with van der Waals surface area (Å²) in [6.45, 7) is 2.06. The minimum atomic E-state index is -0.644. The molecule has 0 aliphatic rings. The Kier molecular flexibility index (Phi) is 8.21. The molecule has 2 aromatic carbocycles. The van der Waals surface area contributed by atoms with E-state index in [1.807, 2.05) is 0 Å². The Morgan fingerprint density at radius 3 is 2.48 bits per heavy atom. The van der Waals surface area contributed by atoms with Crippen LogP contribution in [0.2, 0.25) is 0 Å². The first-order chi connectivity index (χ1) is 14.0. The van der Waals surface area contributed by atoms with Crippen LogP contribution >= 0.6 is 0 Å². The average Bonchev–Trinajstić information content (AvgIpc) is 2.74. The number of methoxy groups -OCH3 is 2. The van der Waals surface area contributed by atoms with E-state index in [0.29, 0.717) is 29.2 Å². The van der Waals surface area contributed by atoms with Gasteiger partial charge < -0.3 is 19.1 Å². The van der Waals surface area contributed by atoms with Gasteiger partial charge in [-0.15, -0.1) is 0 Å². The van der Waals surface area contributed by atoms with Crippen LogP contribution in [0.1, 0.15) is 18.1 Å². The Morgan fingerprint density at radius 1 is 1.07 bits per heavy atom. The fraction of sp³-hybridized carbons (Fsp3) is 0.273. The van der Waals surface area contributed by atoms with Crippen LogP contribution in [0, 0.1) is 5.82 Å². The van der Waals surface area contributed by atoms with E-state index < -0.39 is 12.6 Å². The van der Waals surface area contributed by atoms with E-state index in [1.165, 1.54) is 37.3 Å². The van der Waals surface area contributed by atoms with E-state index in [4.69, 9.17) is 14.2 Å². The quantitative estimate of drug-likeness (QED) is 0.476. The van der Waals surface area contributed by atoms with Crippen molar-refractivity contribution in [3.8, 4) is 11.5 Å². The molecule has 0 unspecified atom stereocenters. The van der Waals surface area contributed by atoms with Crippen LogP contribution in [0.5, 0.6) is 11.5 Å². The summed E-state index contributed by atoms with van der Waals surface area (Å²) in [5, 5.41) is 0. The van der Waals surface area contributed by atoms with E-state index >= 15 is 0 Å². The molecule has 0 heterocycles. The molecule has 0 aliphatic heterocycles. The van der Waals surface area contributed by atoms with E-state index in [1.54, 1.807) is 43.3 Å². The molecule has 0 N–H and O–H groups in total. The van der Waals surface area contributed by atoms with Crippen LogP contribution in [0.15, 0.2) is 48.5 Å². The summed E-state index contributed by atoms with van der Waals surface area (Å²) < 4.78 is 28.7. The van der Waals surface area contributed by atoms with E-state index in [2.05, 4.69) is 0 Å². The zero-order valence-corrected chi connectivity index (χ0v) is 16.7. The third kappa shape index (κ3) is 6.64. The van der Waals surface area contributed by atoms with Crippen molar-refractivity contribution < 1.29 is 28.2 Å². The lowest BCUT2D eigenvalue weighted by Gasteiger charge is -2.20. The van der Waals surface area contributed by atoms with Crippen LogP contribution in [-0.2, 0) is 20.9 Å². The Labute approximate surface area is 169 Å². The van der Waals surface area contributed by atoms with Gasteiger partial charge in [-0.05, 0) is 48.4 Å². The number of carbonyl (C=O) groups excluding carboxylic acids is 2. The Hall–Kier alpha value is -3.35. The summed E-state index contributed by atoms with van der Waals surface area (Å²) in [5.41, 5.74) is 1.38. The SMILES string of the molecule is CCN(Cc1cccc(F)c1)C(=O)COC(=O)/C=C/c1ccc(OC)c(OC)c1. The molecule has 0 spiro atoms. The molecule has 0 radical (unpaired) electrons. The Bertz CT molecular complexity index is 881. The van der Waals surface area contributed by atoms with Crippen LogP contribution in [-0.4, -0.2) is 44.1 Å². The lowest BCUT2D eigenvalue weighted by molar-refractivity contribution is -0.148. The summed E-state index contributed by atoms with van der Waals surface area (Å²) in [7, 11) is 3.06. The monoisotopic (exact) mass is 401 g/mol. The van der Waals surface area contributed by atoms with Crippen molar-refractivity contribution in [1.29, 1.82) is 0 Å². The minimum absolute atomic E-state index is 0.242. The van der Waals surface area contributed by atoms with Crippen molar-refractivity contribution in [2.24, 2.45) is 0 Å². The number of ether oxygens (including phenoxy) is 3. The molecule has 0 saturated carbocycles. The van der Waals surface area contributed by atoms with Gasteiger partial charge in [0.2, 0.25) is 0 Å². The number of benzene rings is 2. The van der Waals surface area contributed by atoms with Gasteiger partial charge >= 0.3 is 5.97 Å². The molecule has 0 saturated heterocycles. The number of esters is 1. The standard InChI is InChI=1S/C22H24FNO5/c1-4-24(14-17-6-5-7-18(23)12-17)21(25)15-29-22(26)11-9-16-8-10-19(27-2)20(13-16)28-3/h5-13H,4,14-15H2,1-3H3/b11-9+. The summed E-state index contributed by atoms with van der Waals surface area (Å²) in [6, 6.07) is 11.2. The van der Waals surface area contributed by atoms with Crippen molar-refractivity contribution in [3.05, 3.63) is 65.5 Å². The molecule has 0 atom stereocenters. The summed E-state index contributed by atoms with van der Waals surface area (Å²) in [5.74, 6) is -0.248. The summed E-state index contributed by atoms with van der Waals surface area (Å²) in [4.78, 5) is 25.7. The average molecular weight is 401 g/mol. The molecule has 7 heteroatoms. The van der Waals surface area contributed by atoms with Crippen LogP contribution in [0.4, 0.5) is 4.39 Å². The fourth-order valence-electron chi connectivity index (χ4n) is 2.63. The molecule has 0 fully saturated rings. The lowest BCUT2D eigenvalue weighted by Crippen LogP contribution is -2.34. The molecule has 0 aromatic heterocycles. The molecule has 2 rings (SSSR count). The predicted molar refractivity (Wildman–Crippen MR) is 107 cm³/mol. The zero-order valence-electron chi connectivity index (χ0n) is 16.7. The topological polar surface area (TPSA) is 65.1 Å². The number of likely N-dealkylation sites (N-methyl/N-ethyl adjacent to an activating group) is 1. The summed E-state index contributed by atoms with van der Waals surface area (Å²) in [6.07, 6.45) is 2.79. The largest absolute Gasteiger partial charge is 0.493 e. The van der Waals surface area contributed by atoms with Crippen molar-refractivity contribution in [2.75, 3.05) is 27.4 Å². The second-order valence-electron chi connectivity index (χ2n) is 6.09. The van der Waals surface area contributed by atoms with Crippen molar-refractivity contribution >= 4 is 18.0 Å². The minimum Gasteiger partial charge on any atom is -0.493 e. The fourth-order valence-corrected chi connectivity index (χ4v) is 2.63. The number of carbonyl (C=O) groups is 2. The van der Waals surface area contributed by atoms with Crippen LogP contribution in [0.25, 0.3) is 6.08 Å². The maximum atomic E-state index is 13.3. The van der Waals surface area contributed by atoms with Crippen molar-refractivity contribution in [2.45, 2.75) is 13.5 Å². The first-order valence-electron chi connectivity index (χ1n) is 9.06. The molecule has 6 nitrogen and oxygen atoms in total. The van der Waals surface area contributed by atoms with E-state index in [9.17, 15) is 14.0 Å². The molecule has 29 heavy (non-hydrogen) atoms. The first kappa shape index (κ1) is 21.9. The number of rotatable bonds is 9. The number of hydrogen-bond donors (Lipinski definition) is 0. The highest BCUT2D eigenvalue weighted by Crippen LogP contribution is 2.27. The van der Waals surface area contributed by atoms with Gasteiger partial charge in [0.15, 0.2) is 18.1 Å². The third-order valence-electron chi connectivity index (χ3n) is 4.15. The van der Waals surface area contributed by atoms with E-state index in [0.717, 1.165) is 0 Å². The number of halogens is 1. The van der Waals surface area contributed by atoms with Crippen LogP contribution in [0.3, 0.4) is 0 Å². The molecular formula is C22H24FNO5. The highest BCUT2D eigenvalue weighted by Gasteiger charge is 2.14. The van der Waals surface area contributed by atoms with Crippen LogP contribution < -0.4 is 9.47 Å². The number of amides is 1. The maximum absolute atomic E-state index is 13.3. The van der Waals surface area contributed by atoms with Gasteiger partial charge in [0, 0.05) is 19.2 Å². The Balaban J connectivity index is 1.90. The highest BCUT2D eigenvalue weighted by molar-refractivity contribution is 5.89. The predicted octanol–water partition coefficient (Wildman–Crippen LogP) is 3.45. The molecule has 0 bridgehead atoms. The first-order valence-corrected chi connectivity index (χ1v) is 9.06. The van der Waals surface area contributed by atoms with Gasteiger partial charge in [-0.1, -0.05) is 18.2 Å². The van der Waals surface area contributed by atoms with Gasteiger partial charge in [-0.2, -0.15) is 0 Å². The maximum Gasteiger partial charge on any atom is 0.331 e. The molecule has 1 amide bonds. The van der Waals surface area contributed by atoms with Gasteiger partial charge in [0.25, 0.3) is 5.91 Å². The van der Waals surface area contributed by atoms with Gasteiger partial charge in [0.05, 0.1) is 14.2 Å². The summed E-state index contributed by atoms with van der Waals surface area (Å²) >= 11 is 0. The van der Waals surface area contributed by atoms with E-state index in [-0.39, 0.29) is 18.3 Å². The number of nitrogens with zero attached hydrogens (tertiary/aromatic N) is 1. The molecule has 154 valence electrons. The molecular weight excluding hydrogens is 377 g/mol. The third-order valence-corrected chi connectivity index (χ3v) is 4.15. The second kappa shape index (κ2) is 10.8. The smallest absolute Gasteiger partial charge is 0.331 e. The van der Waals surface area contributed by atoms with Crippen molar-refractivity contribution in [3.63, 3.8) is 0 Å². The Morgan fingerprint density at radius 2 is 1.83 bits per heavy atom. The van der Waals surface area contributed by atoms with Gasteiger partial charge in [0.1, 0.15) is 5.82 Å². The molecule has 2 aromatic rings.